The molecule has 0 atom stereocenters. The number of carbonyl (C=O) groups is 1. The van der Waals surface area contributed by atoms with Gasteiger partial charge < -0.3 is 0 Å². The monoisotopic (exact) mass is 173 g/mol. The van der Waals surface area contributed by atoms with Crippen LogP contribution < -0.4 is 0 Å². The molecule has 1 rings (SSSR count). The minimum absolute atomic E-state index is 0.0619. The van der Waals surface area contributed by atoms with Gasteiger partial charge >= 0.3 is 77.4 Å². The van der Waals surface area contributed by atoms with E-state index in [1.54, 1.807) is 6.92 Å². The number of nitrogens with one attached hydrogen (secondary N) is 1. The first-order valence-corrected chi connectivity index (χ1v) is 3.76. The number of aromatic nitrogens is 2. The summed E-state index contributed by atoms with van der Waals surface area (Å²) in [5.41, 5.74) is 0.591. The average molecular weight is 173 g/mol. The Morgan fingerprint density at radius 3 is 2.92 bits per heavy atom. The Morgan fingerprint density at radius 2 is 2.46 bits per heavy atom. The Bertz CT molecular complexity index is 335. The topological polar surface area (TPSA) is 55.0 Å². The molecule has 0 aliphatic rings. The summed E-state index contributed by atoms with van der Waals surface area (Å²) in [6.45, 7) is 2.04. The van der Waals surface area contributed by atoms with Gasteiger partial charge in [0.15, 0.2) is 0 Å². The van der Waals surface area contributed by atoms with Crippen LogP contribution in [-0.4, -0.2) is 43.5 Å². The zero-order chi connectivity index (χ0) is 9.84. The van der Waals surface area contributed by atoms with E-state index in [0.29, 0.717) is 12.3 Å². The van der Waals surface area contributed by atoms with Gasteiger partial charge in [0.25, 0.3) is 0 Å². The van der Waals surface area contributed by atoms with Crippen LogP contribution in [0, 0.1) is 0 Å². The molecule has 0 fully saturated rings. The van der Waals surface area contributed by atoms with Crippen molar-refractivity contribution < 1.29 is 9.53 Å². The van der Waals surface area contributed by atoms with E-state index in [-0.39, 0.29) is 11.1 Å². The number of nitrogens with zero attached hydrogens (tertiary/aromatic N) is 1. The minimum atomic E-state index is -0.470. The van der Waals surface area contributed by atoms with Gasteiger partial charge in [-0.15, -0.1) is 0 Å². The molecule has 0 aliphatic heterocycles. The summed E-state index contributed by atoms with van der Waals surface area (Å²) < 4.78 is 4.72. The summed E-state index contributed by atoms with van der Waals surface area (Å²) in [6.07, 6.45) is 0. The number of rotatable bonds is 3. The number of aromatic amines is 1. The van der Waals surface area contributed by atoms with Gasteiger partial charge in [0.1, 0.15) is 0 Å². The van der Waals surface area contributed by atoms with Gasteiger partial charge in [-0.25, -0.2) is 0 Å². The van der Waals surface area contributed by atoms with Gasteiger partial charge in [-0.1, -0.05) is 0 Å². The van der Waals surface area contributed by atoms with Gasteiger partial charge in [-0.05, 0) is 0 Å². The van der Waals surface area contributed by atoms with E-state index in [1.165, 1.54) is 6.07 Å². The van der Waals surface area contributed by atoms with Crippen LogP contribution >= 0.6 is 0 Å². The van der Waals surface area contributed by atoms with Crippen molar-refractivity contribution in [2.75, 3.05) is 6.61 Å². The number of esters is 1. The first kappa shape index (κ1) is 9.77. The van der Waals surface area contributed by atoms with Crippen molar-refractivity contribution in [2.24, 2.45) is 0 Å². The van der Waals surface area contributed by atoms with Gasteiger partial charge in [0.2, 0.25) is 0 Å². The molecule has 6 heteroatoms. The van der Waals surface area contributed by atoms with Crippen LogP contribution in [0.5, 0.6) is 0 Å². The van der Waals surface area contributed by atoms with Gasteiger partial charge in [-0.2, -0.15) is 0 Å². The number of H-pyrrole nitrogens is 1. The summed E-state index contributed by atoms with van der Waals surface area (Å²) in [7, 11) is 10.5. The van der Waals surface area contributed by atoms with Crippen LogP contribution in [-0.2, 0) is 4.74 Å². The van der Waals surface area contributed by atoms with Gasteiger partial charge in [0.05, 0.1) is 0 Å². The fraction of sp³-hybridized carbons (Fsp3) is 0.286. The predicted molar refractivity (Wildman–Crippen MR) is 50.2 cm³/mol. The zero-order valence-electron chi connectivity index (χ0n) is 7.20. The molecule has 1 N–H and O–H groups in total. The predicted octanol–water partition coefficient (Wildman–Crippen LogP) is -0.599. The molecule has 0 saturated carbocycles. The van der Waals surface area contributed by atoms with Crippen molar-refractivity contribution in [3.63, 3.8) is 0 Å². The molecule has 0 aromatic carbocycles. The molecule has 1 aromatic heterocycles. The van der Waals surface area contributed by atoms with Crippen LogP contribution in [0.1, 0.15) is 23.1 Å². The van der Waals surface area contributed by atoms with Crippen LogP contribution in [0.4, 0.5) is 0 Å². The van der Waals surface area contributed by atoms with Gasteiger partial charge in [0, 0.05) is 0 Å². The molecular weight excluding hydrogens is 166 g/mol. The molecule has 0 amide bonds. The Morgan fingerprint density at radius 1 is 1.77 bits per heavy atom. The van der Waals surface area contributed by atoms with Crippen LogP contribution in [0.25, 0.3) is 0 Å². The maximum absolute atomic E-state index is 11.1. The van der Waals surface area contributed by atoms with E-state index >= 15 is 0 Å². The summed E-state index contributed by atoms with van der Waals surface area (Å²) in [6, 6.07) is 1.44. The average Bonchev–Trinajstić information content (AvgIpc) is 2.52. The fourth-order valence-corrected chi connectivity index (χ4v) is 0.783. The Balaban J connectivity index is 2.79. The molecule has 3 radical (unpaired) electrons. The first-order chi connectivity index (χ1) is 6.15. The van der Waals surface area contributed by atoms with E-state index < -0.39 is 5.97 Å². The molecule has 63 valence electrons. The van der Waals surface area contributed by atoms with E-state index in [0.717, 1.165) is 0 Å². The summed E-state index contributed by atoms with van der Waals surface area (Å²) in [5.74, 6) is -0.470. The van der Waals surface area contributed by atoms with E-state index in [2.05, 4.69) is 10.2 Å². The third-order valence-corrected chi connectivity index (χ3v) is 1.37. The molecule has 1 aromatic rings. The number of carbonyl (C=O) groups excluding carboxylic acids is 1. The van der Waals surface area contributed by atoms with E-state index in [9.17, 15) is 4.79 Å². The standard InChI is InChI=1S/C7H7B2N2O2/c1-2-13-7(12)5-3-4(6(8)9)10-11-5/h3H,2H2,1H3,(H,10,11). The molecule has 0 aliphatic carbocycles. The van der Waals surface area contributed by atoms with E-state index in [4.69, 9.17) is 20.1 Å². The van der Waals surface area contributed by atoms with Crippen LogP contribution in [0.15, 0.2) is 6.07 Å². The first-order valence-electron chi connectivity index (χ1n) is 3.76. The van der Waals surface area contributed by atoms with Crippen molar-refractivity contribution in [1.82, 2.24) is 10.2 Å². The molecule has 1 heterocycles. The van der Waals surface area contributed by atoms with Crippen molar-refractivity contribution in [3.05, 3.63) is 17.5 Å². The second-order valence-electron chi connectivity index (χ2n) is 2.34. The SMILES string of the molecule is [B]C(=[B])c1cc(C(=O)OCC)[nH]n1. The fourth-order valence-electron chi connectivity index (χ4n) is 0.783. The second kappa shape index (κ2) is 4.07. The van der Waals surface area contributed by atoms with Crippen LogP contribution in [0.3, 0.4) is 0 Å². The molecule has 0 saturated heterocycles. The molecule has 0 spiro atoms. The summed E-state index contributed by atoms with van der Waals surface area (Å²) in [5, 5.41) is 6.23. The Hall–Kier alpha value is -1.32. The number of ether oxygens (including phenoxy) is 1. The number of hydrogen-bond donors (Lipinski definition) is 1. The molecule has 0 bridgehead atoms. The van der Waals surface area contributed by atoms with Crippen molar-refractivity contribution >= 4 is 26.7 Å². The molecular formula is C7H7B2N2O2. The third-order valence-electron chi connectivity index (χ3n) is 1.37. The number of hydrogen-bond acceptors (Lipinski definition) is 3. The Kier molecular flexibility index (Phi) is 3.06. The van der Waals surface area contributed by atoms with E-state index in [1.807, 2.05) is 0 Å². The summed E-state index contributed by atoms with van der Waals surface area (Å²) >= 11 is 0. The Labute approximate surface area is 78.2 Å². The molecule has 13 heavy (non-hydrogen) atoms. The maximum atomic E-state index is 11.1. The zero-order valence-corrected chi connectivity index (χ0v) is 7.20. The van der Waals surface area contributed by atoms with Crippen molar-refractivity contribution in [3.8, 4) is 0 Å². The summed E-state index contributed by atoms with van der Waals surface area (Å²) in [4.78, 5) is 11.1. The second-order valence-corrected chi connectivity index (χ2v) is 2.34. The third kappa shape index (κ3) is 2.31. The molecule has 0 unspecified atom stereocenters. The normalized spacial score (nSPS) is 9.54. The molecule has 4 nitrogen and oxygen atoms in total. The van der Waals surface area contributed by atoms with Crippen molar-refractivity contribution in [1.29, 1.82) is 0 Å². The quantitative estimate of drug-likeness (QED) is 0.490. The van der Waals surface area contributed by atoms with Gasteiger partial charge in [-0.3, -0.25) is 0 Å². The van der Waals surface area contributed by atoms with Crippen molar-refractivity contribution in [2.45, 2.75) is 6.92 Å². The van der Waals surface area contributed by atoms with Crippen LogP contribution in [0.2, 0.25) is 0 Å².